The minimum Gasteiger partial charge on any atom is -0.0581 e. The van der Waals surface area contributed by atoms with Gasteiger partial charge in [0.1, 0.15) is 0 Å². The predicted molar refractivity (Wildman–Crippen MR) is 445 cm³/mol. The van der Waals surface area contributed by atoms with Gasteiger partial charge < -0.3 is 0 Å². The Balaban J connectivity index is 0.000000126. The van der Waals surface area contributed by atoms with Crippen molar-refractivity contribution in [3.8, 4) is 44.5 Å². The van der Waals surface area contributed by atoms with Crippen molar-refractivity contribution in [3.63, 3.8) is 0 Å². The Morgan fingerprint density at radius 3 is 0.490 bits per heavy atom. The van der Waals surface area contributed by atoms with E-state index < -0.39 is 0 Å². The van der Waals surface area contributed by atoms with Crippen molar-refractivity contribution < 1.29 is 0 Å². The molecule has 0 aliphatic rings. The van der Waals surface area contributed by atoms with Crippen LogP contribution in [0, 0.1) is 41.5 Å². The molecule has 0 bridgehead atoms. The summed E-state index contributed by atoms with van der Waals surface area (Å²) >= 11 is 0. The van der Waals surface area contributed by atoms with Crippen molar-refractivity contribution >= 4 is 194 Å². The molecule has 0 amide bonds. The smallest absolute Gasteiger partial charge is 0.00177 e. The second-order valence-corrected chi connectivity index (χ2v) is 29.9. The molecule has 0 atom stereocenters. The Hall–Kier alpha value is -12.5. The second kappa shape index (κ2) is 20.1. The van der Waals surface area contributed by atoms with Crippen LogP contribution in [0.2, 0.25) is 0 Å². The monoisotopic (exact) mass is 1290 g/mol. The highest BCUT2D eigenvalue weighted by molar-refractivity contribution is 6.36. The molecular weight excluding hydrogens is 1230 g/mol. The minimum absolute atomic E-state index is 1.29. The first kappa shape index (κ1) is 56.4. The molecule has 24 aromatic carbocycles. The lowest BCUT2D eigenvalue weighted by molar-refractivity contribution is 1.54. The molecule has 0 aliphatic heterocycles. The molecule has 24 aromatic rings. The fraction of sp³-hybridized carbons (Fsp3) is 0.0588. The Bertz CT molecular complexity index is 7440. The summed E-state index contributed by atoms with van der Waals surface area (Å²) in [5.74, 6) is 0. The van der Waals surface area contributed by atoms with Crippen molar-refractivity contribution in [2.75, 3.05) is 0 Å². The predicted octanol–water partition coefficient (Wildman–Crippen LogP) is 29.3. The number of benzene rings is 24. The van der Waals surface area contributed by atoms with Gasteiger partial charge >= 0.3 is 0 Å². The molecule has 0 saturated carbocycles. The number of rotatable bonds is 4. The highest BCUT2D eigenvalue weighted by atomic mass is 14.3. The second-order valence-electron chi connectivity index (χ2n) is 29.9. The van der Waals surface area contributed by atoms with Crippen molar-refractivity contribution in [2.45, 2.75) is 41.5 Å². The quantitative estimate of drug-likeness (QED) is 0.154. The topological polar surface area (TPSA) is 0 Å². The van der Waals surface area contributed by atoms with Gasteiger partial charge in [-0.05, 0) is 313 Å². The van der Waals surface area contributed by atoms with Gasteiger partial charge in [0, 0.05) is 0 Å². The Morgan fingerprint density at radius 2 is 0.245 bits per heavy atom. The van der Waals surface area contributed by atoms with Gasteiger partial charge in [0.25, 0.3) is 0 Å². The molecular formula is C102H64. The molecule has 0 aromatic heterocycles. The van der Waals surface area contributed by atoms with Crippen LogP contribution in [0.15, 0.2) is 279 Å². The molecule has 0 nitrogen and oxygen atoms in total. The lowest BCUT2D eigenvalue weighted by Gasteiger charge is -2.21. The van der Waals surface area contributed by atoms with E-state index in [2.05, 4.69) is 321 Å². The average Bonchev–Trinajstić information content (AvgIpc) is 0.720. The Labute approximate surface area is 588 Å². The molecule has 0 heteroatoms. The maximum Gasteiger partial charge on any atom is -0.00177 e. The van der Waals surface area contributed by atoms with Crippen LogP contribution in [0.5, 0.6) is 0 Å². The van der Waals surface area contributed by atoms with Gasteiger partial charge in [-0.15, -0.1) is 0 Å². The zero-order valence-corrected chi connectivity index (χ0v) is 57.6. The van der Waals surface area contributed by atoms with E-state index in [0.29, 0.717) is 0 Å². The van der Waals surface area contributed by atoms with Gasteiger partial charge in [-0.1, -0.05) is 279 Å². The SMILES string of the molecule is Cc1ccc2ccc3c(-c4ccc5ccc6c(-c7ccc8ccc9c(C)ccc%10ccc7c8c%109)cc(C)c7ccc4c5c76)ccc4ccc1c2c43.Cc1ccc2ccc3ccc(-c4ccc5ccc6c(-c7ccc8ccc9ccc(C)c%10ccc7c8c9%10)cc(C)c7ccc4c5c76)c4ccc1c2c34. The summed E-state index contributed by atoms with van der Waals surface area (Å²) in [7, 11) is 0. The lowest BCUT2D eigenvalue weighted by Crippen LogP contribution is -1.94. The van der Waals surface area contributed by atoms with Gasteiger partial charge in [0.15, 0.2) is 0 Å². The van der Waals surface area contributed by atoms with E-state index in [-0.39, 0.29) is 0 Å². The van der Waals surface area contributed by atoms with Gasteiger partial charge in [-0.25, -0.2) is 0 Å². The van der Waals surface area contributed by atoms with Crippen LogP contribution >= 0.6 is 0 Å². The van der Waals surface area contributed by atoms with Gasteiger partial charge in [0.05, 0.1) is 0 Å². The van der Waals surface area contributed by atoms with E-state index in [1.54, 1.807) is 0 Å². The maximum atomic E-state index is 2.43. The third-order valence-electron chi connectivity index (χ3n) is 24.7. The summed E-state index contributed by atoms with van der Waals surface area (Å²) in [6.45, 7) is 13.5. The van der Waals surface area contributed by atoms with Crippen LogP contribution in [0.4, 0.5) is 0 Å². The lowest BCUT2D eigenvalue weighted by atomic mass is 9.83. The summed E-state index contributed by atoms with van der Waals surface area (Å²) < 4.78 is 0. The first-order chi connectivity index (χ1) is 50.1. The van der Waals surface area contributed by atoms with E-state index in [9.17, 15) is 0 Å². The highest BCUT2D eigenvalue weighted by Gasteiger charge is 2.25. The van der Waals surface area contributed by atoms with Crippen molar-refractivity contribution in [3.05, 3.63) is 312 Å². The molecule has 0 fully saturated rings. The number of hydrogen-bond acceptors (Lipinski definition) is 0. The van der Waals surface area contributed by atoms with Gasteiger partial charge in [-0.3, -0.25) is 0 Å². The average molecular weight is 1290 g/mol. The molecule has 0 saturated heterocycles. The largest absolute Gasteiger partial charge is 0.0581 e. The van der Waals surface area contributed by atoms with Crippen LogP contribution in [-0.2, 0) is 0 Å². The fourth-order valence-corrected chi connectivity index (χ4v) is 19.8. The molecule has 0 unspecified atom stereocenters. The summed E-state index contributed by atoms with van der Waals surface area (Å²) in [4.78, 5) is 0. The zero-order valence-electron chi connectivity index (χ0n) is 57.6. The van der Waals surface area contributed by atoms with E-state index in [1.807, 2.05) is 0 Å². The first-order valence-electron chi connectivity index (χ1n) is 36.2. The summed E-state index contributed by atoms with van der Waals surface area (Å²) in [6, 6.07) is 107. The summed E-state index contributed by atoms with van der Waals surface area (Å²) in [5, 5.41) is 48.2. The van der Waals surface area contributed by atoms with Crippen LogP contribution in [0.25, 0.3) is 238 Å². The minimum atomic E-state index is 1.29. The molecule has 472 valence electrons. The molecule has 24 rings (SSSR count). The maximum absolute atomic E-state index is 2.43. The Kier molecular flexibility index (Phi) is 11.1. The number of aryl methyl sites for hydroxylation is 6. The molecule has 0 aliphatic carbocycles. The highest BCUT2D eigenvalue weighted by Crippen LogP contribution is 2.52. The summed E-state index contributed by atoms with van der Waals surface area (Å²) in [5.41, 5.74) is 18.4. The normalized spacial score (nSPS) is 12.6. The van der Waals surface area contributed by atoms with Crippen LogP contribution in [0.3, 0.4) is 0 Å². The van der Waals surface area contributed by atoms with Crippen LogP contribution in [-0.4, -0.2) is 0 Å². The molecule has 0 spiro atoms. The third-order valence-corrected chi connectivity index (χ3v) is 24.7. The van der Waals surface area contributed by atoms with E-state index in [4.69, 9.17) is 0 Å². The van der Waals surface area contributed by atoms with E-state index in [0.717, 1.165) is 0 Å². The molecule has 0 N–H and O–H groups in total. The van der Waals surface area contributed by atoms with Crippen molar-refractivity contribution in [1.82, 2.24) is 0 Å². The summed E-state index contributed by atoms with van der Waals surface area (Å²) in [6.07, 6.45) is 0. The van der Waals surface area contributed by atoms with Crippen molar-refractivity contribution in [2.24, 2.45) is 0 Å². The van der Waals surface area contributed by atoms with Crippen LogP contribution in [0.1, 0.15) is 33.4 Å². The standard InChI is InChI=1S/2C51H32/c1-27-4-6-30-13-21-41-38(18-10-32-8-16-35(27)46(30)48(32)41)39-19-11-34-15-23-44-45(26-29(3)37-24-25-43(39)50(34)51(37)44)40-20-12-33-9-17-36-28(2)5-7-31-14-22-42(40)49(33)47(31)36;1-27-4-6-30-8-10-32-12-16-38(41-23-20-35(27)46(30)48(32)41)39-17-13-34-15-19-44-45(26-29(3)37-22-25-42(39)50(34)51(37)44)40-18-14-33-11-9-31-7-5-28(2)36-21-24-43(40)49(33)47(31)36/h2*4-26H,1-3H3. The first-order valence-corrected chi connectivity index (χ1v) is 36.2. The molecule has 0 heterocycles. The molecule has 0 radical (unpaired) electrons. The van der Waals surface area contributed by atoms with Gasteiger partial charge in [-0.2, -0.15) is 0 Å². The van der Waals surface area contributed by atoms with Crippen molar-refractivity contribution in [1.29, 1.82) is 0 Å². The van der Waals surface area contributed by atoms with Gasteiger partial charge in [0.2, 0.25) is 0 Å². The zero-order chi connectivity index (χ0) is 67.4. The fourth-order valence-electron chi connectivity index (χ4n) is 19.8. The Morgan fingerprint density at radius 1 is 0.108 bits per heavy atom. The van der Waals surface area contributed by atoms with Crippen LogP contribution < -0.4 is 0 Å². The third kappa shape index (κ3) is 7.40. The van der Waals surface area contributed by atoms with E-state index in [1.165, 1.54) is 272 Å². The molecule has 102 heavy (non-hydrogen) atoms. The number of hydrogen-bond donors (Lipinski definition) is 0. The van der Waals surface area contributed by atoms with E-state index >= 15 is 0 Å².